The maximum Gasteiger partial charge on any atom is 0.303 e. The molecule has 0 spiro atoms. The third kappa shape index (κ3) is 5.20. The van der Waals surface area contributed by atoms with E-state index < -0.39 is 33.8 Å². The van der Waals surface area contributed by atoms with Crippen LogP contribution in [0.1, 0.15) is 36.4 Å². The Kier molecular flexibility index (Phi) is 6.16. The predicted octanol–water partition coefficient (Wildman–Crippen LogP) is 2.74. The lowest BCUT2D eigenvalue weighted by atomic mass is 9.97. The Hall–Kier alpha value is -3.27. The number of halogens is 1. The molecule has 2 aromatic rings. The summed E-state index contributed by atoms with van der Waals surface area (Å²) in [6, 6.07) is 11.8. The topological polar surface area (TPSA) is 116 Å². The Morgan fingerprint density at radius 1 is 1.17 bits per heavy atom. The van der Waals surface area contributed by atoms with Crippen LogP contribution in [0, 0.1) is 5.82 Å². The number of nitrogens with zero attached hydrogens (tertiary/aromatic N) is 2. The van der Waals surface area contributed by atoms with Crippen LogP contribution in [-0.2, 0) is 19.6 Å². The fraction of sp³-hybridized carbons (Fsp3) is 0.250. The van der Waals surface area contributed by atoms with Gasteiger partial charge in [0.05, 0.1) is 24.4 Å². The van der Waals surface area contributed by atoms with E-state index in [0.29, 0.717) is 17.0 Å². The Balaban J connectivity index is 1.89. The quantitative estimate of drug-likeness (QED) is 0.697. The minimum Gasteiger partial charge on any atom is -0.481 e. The number of benzene rings is 2. The van der Waals surface area contributed by atoms with Crippen LogP contribution in [0.25, 0.3) is 0 Å². The van der Waals surface area contributed by atoms with Gasteiger partial charge in [-0.3, -0.25) is 14.3 Å². The molecule has 0 bridgehead atoms. The molecule has 0 fully saturated rings. The smallest absolute Gasteiger partial charge is 0.303 e. The molecule has 8 nitrogen and oxygen atoms in total. The second kappa shape index (κ2) is 8.62. The zero-order valence-electron chi connectivity index (χ0n) is 16.1. The average Bonchev–Trinajstić information content (AvgIpc) is 3.11. The fourth-order valence-corrected chi connectivity index (χ4v) is 3.74. The van der Waals surface area contributed by atoms with Gasteiger partial charge in [0.2, 0.25) is 15.9 Å². The standard InChI is InChI=1S/C20H20FN3O5S/c1-30(28,29)23-14-8-6-13(7-9-14)17-12-18(15-4-2-3-5-16(15)21)24(22-17)19(25)10-11-20(26)27/h2-9,18,23H,10-12H2,1H3,(H,26,27)/t18-/m1/s1. The van der Waals surface area contributed by atoms with E-state index in [1.807, 2.05) is 0 Å². The first-order valence-corrected chi connectivity index (χ1v) is 11.0. The Bertz CT molecular complexity index is 1100. The van der Waals surface area contributed by atoms with Crippen molar-refractivity contribution in [2.24, 2.45) is 5.10 Å². The number of rotatable bonds is 7. The number of carboxylic acids is 1. The number of sulfonamides is 1. The summed E-state index contributed by atoms with van der Waals surface area (Å²) in [5.74, 6) is -2.11. The number of nitrogens with one attached hydrogen (secondary N) is 1. The van der Waals surface area contributed by atoms with Gasteiger partial charge in [-0.05, 0) is 23.8 Å². The van der Waals surface area contributed by atoms with E-state index in [1.165, 1.54) is 6.07 Å². The van der Waals surface area contributed by atoms with Gasteiger partial charge in [-0.2, -0.15) is 5.10 Å². The van der Waals surface area contributed by atoms with E-state index in [4.69, 9.17) is 5.11 Å². The summed E-state index contributed by atoms with van der Waals surface area (Å²) in [4.78, 5) is 23.4. The van der Waals surface area contributed by atoms with Gasteiger partial charge in [-0.1, -0.05) is 30.3 Å². The summed E-state index contributed by atoms with van der Waals surface area (Å²) in [7, 11) is -3.41. The maximum atomic E-state index is 14.4. The normalized spacial score (nSPS) is 16.3. The molecule has 1 heterocycles. The lowest BCUT2D eigenvalue weighted by Crippen LogP contribution is -2.28. The molecule has 0 unspecified atom stereocenters. The molecule has 0 saturated carbocycles. The molecule has 0 radical (unpaired) electrons. The lowest BCUT2D eigenvalue weighted by molar-refractivity contribution is -0.141. The molecule has 0 saturated heterocycles. The number of carbonyl (C=O) groups excluding carboxylic acids is 1. The molecule has 2 N–H and O–H groups in total. The number of anilines is 1. The van der Waals surface area contributed by atoms with Crippen LogP contribution in [-0.4, -0.2) is 42.4 Å². The van der Waals surface area contributed by atoms with Crippen molar-refractivity contribution in [2.45, 2.75) is 25.3 Å². The van der Waals surface area contributed by atoms with Crippen LogP contribution in [0.2, 0.25) is 0 Å². The Morgan fingerprint density at radius 2 is 1.83 bits per heavy atom. The molecule has 1 amide bonds. The van der Waals surface area contributed by atoms with Crippen molar-refractivity contribution >= 4 is 33.3 Å². The van der Waals surface area contributed by atoms with Crippen molar-refractivity contribution in [3.63, 3.8) is 0 Å². The van der Waals surface area contributed by atoms with Gasteiger partial charge in [0.1, 0.15) is 5.82 Å². The van der Waals surface area contributed by atoms with Gasteiger partial charge in [0.15, 0.2) is 0 Å². The van der Waals surface area contributed by atoms with Crippen LogP contribution >= 0.6 is 0 Å². The number of carboxylic acid groups (broad SMARTS) is 1. The second-order valence-electron chi connectivity index (χ2n) is 6.87. The molecule has 158 valence electrons. The molecule has 1 aliphatic heterocycles. The van der Waals surface area contributed by atoms with Gasteiger partial charge < -0.3 is 5.11 Å². The molecular formula is C20H20FN3O5S. The number of carbonyl (C=O) groups is 2. The first-order valence-electron chi connectivity index (χ1n) is 9.08. The minimum atomic E-state index is -3.41. The summed E-state index contributed by atoms with van der Waals surface area (Å²) in [5, 5.41) is 14.3. The first-order chi connectivity index (χ1) is 14.1. The van der Waals surface area contributed by atoms with Crippen molar-refractivity contribution in [1.29, 1.82) is 0 Å². The van der Waals surface area contributed by atoms with E-state index >= 15 is 0 Å². The zero-order chi connectivity index (χ0) is 21.9. The van der Waals surface area contributed by atoms with Crippen LogP contribution in [0.4, 0.5) is 10.1 Å². The van der Waals surface area contributed by atoms with Crippen molar-refractivity contribution < 1.29 is 27.5 Å². The molecule has 1 aliphatic rings. The third-order valence-corrected chi connectivity index (χ3v) is 5.11. The van der Waals surface area contributed by atoms with Gasteiger partial charge >= 0.3 is 5.97 Å². The highest BCUT2D eigenvalue weighted by atomic mass is 32.2. The van der Waals surface area contributed by atoms with E-state index in [1.54, 1.807) is 42.5 Å². The van der Waals surface area contributed by atoms with E-state index in [2.05, 4.69) is 9.82 Å². The summed E-state index contributed by atoms with van der Waals surface area (Å²) in [5.41, 5.74) is 1.82. The minimum absolute atomic E-state index is 0.235. The number of amides is 1. The van der Waals surface area contributed by atoms with E-state index in [-0.39, 0.29) is 24.8 Å². The van der Waals surface area contributed by atoms with Crippen LogP contribution in [0.3, 0.4) is 0 Å². The van der Waals surface area contributed by atoms with Gasteiger partial charge in [-0.15, -0.1) is 0 Å². The maximum absolute atomic E-state index is 14.4. The van der Waals surface area contributed by atoms with Gasteiger partial charge in [0, 0.05) is 24.1 Å². The summed E-state index contributed by atoms with van der Waals surface area (Å²) < 4.78 is 39.4. The van der Waals surface area contributed by atoms with Crippen LogP contribution in [0.5, 0.6) is 0 Å². The number of hydrazone groups is 1. The zero-order valence-corrected chi connectivity index (χ0v) is 16.9. The third-order valence-electron chi connectivity index (χ3n) is 4.50. The van der Waals surface area contributed by atoms with Crippen LogP contribution < -0.4 is 4.72 Å². The number of hydrogen-bond acceptors (Lipinski definition) is 5. The number of hydrogen-bond donors (Lipinski definition) is 2. The van der Waals surface area contributed by atoms with Crippen molar-refractivity contribution in [3.05, 3.63) is 65.5 Å². The monoisotopic (exact) mass is 433 g/mol. The molecule has 1 atom stereocenters. The molecule has 0 aromatic heterocycles. The molecule has 10 heteroatoms. The molecule has 2 aromatic carbocycles. The van der Waals surface area contributed by atoms with Crippen LogP contribution in [0.15, 0.2) is 53.6 Å². The Labute approximate surface area is 173 Å². The molecule has 3 rings (SSSR count). The van der Waals surface area contributed by atoms with Crippen molar-refractivity contribution in [2.75, 3.05) is 11.0 Å². The van der Waals surface area contributed by atoms with E-state index in [9.17, 15) is 22.4 Å². The summed E-state index contributed by atoms with van der Waals surface area (Å²) in [6.45, 7) is 0. The molecular weight excluding hydrogens is 413 g/mol. The SMILES string of the molecule is CS(=O)(=O)Nc1ccc(C2=NN(C(=O)CCC(=O)O)[C@@H](c3ccccc3F)C2)cc1. The number of aliphatic carboxylic acids is 1. The van der Waals surface area contributed by atoms with Crippen molar-refractivity contribution in [3.8, 4) is 0 Å². The van der Waals surface area contributed by atoms with Gasteiger partial charge in [0.25, 0.3) is 0 Å². The molecule has 30 heavy (non-hydrogen) atoms. The second-order valence-corrected chi connectivity index (χ2v) is 8.62. The lowest BCUT2D eigenvalue weighted by Gasteiger charge is -2.22. The highest BCUT2D eigenvalue weighted by Crippen LogP contribution is 2.34. The Morgan fingerprint density at radius 3 is 2.43 bits per heavy atom. The molecule has 0 aliphatic carbocycles. The fourth-order valence-electron chi connectivity index (χ4n) is 3.18. The first kappa shape index (κ1) is 21.4. The average molecular weight is 433 g/mol. The predicted molar refractivity (Wildman–Crippen MR) is 109 cm³/mol. The highest BCUT2D eigenvalue weighted by Gasteiger charge is 2.34. The summed E-state index contributed by atoms with van der Waals surface area (Å²) in [6.07, 6.45) is 0.671. The largest absolute Gasteiger partial charge is 0.481 e. The van der Waals surface area contributed by atoms with E-state index in [0.717, 1.165) is 11.3 Å². The van der Waals surface area contributed by atoms with Crippen molar-refractivity contribution in [1.82, 2.24) is 5.01 Å². The highest BCUT2D eigenvalue weighted by molar-refractivity contribution is 7.92. The van der Waals surface area contributed by atoms with Gasteiger partial charge in [-0.25, -0.2) is 17.8 Å². The summed E-state index contributed by atoms with van der Waals surface area (Å²) >= 11 is 0.